The first-order chi connectivity index (χ1) is 9.16. The van der Waals surface area contributed by atoms with Crippen LogP contribution in [-0.2, 0) is 0 Å². The van der Waals surface area contributed by atoms with E-state index in [1.54, 1.807) is 18.4 Å². The number of nitrogen functional groups attached to an aromatic ring is 1. The zero-order valence-corrected chi connectivity index (χ0v) is 11.9. The molecule has 0 spiro atoms. The smallest absolute Gasteiger partial charge is 0.230 e. The molecule has 0 amide bonds. The summed E-state index contributed by atoms with van der Waals surface area (Å²) in [5, 5.41) is 4.61. The quantitative estimate of drug-likeness (QED) is 0.741. The van der Waals surface area contributed by atoms with Gasteiger partial charge in [0.25, 0.3) is 0 Å². The summed E-state index contributed by atoms with van der Waals surface area (Å²) in [6.07, 6.45) is 1.56. The normalized spacial score (nSPS) is 10.8. The lowest BCUT2D eigenvalue weighted by Gasteiger charge is -2.02. The highest BCUT2D eigenvalue weighted by Gasteiger charge is 2.20. The van der Waals surface area contributed by atoms with Crippen LogP contribution >= 0.6 is 27.5 Å². The lowest BCUT2D eigenvalue weighted by molar-refractivity contribution is 0.439. The Kier molecular flexibility index (Phi) is 3.08. The molecular formula is C13H8BrClN2O2. The van der Waals surface area contributed by atoms with E-state index >= 15 is 0 Å². The molecule has 0 bridgehead atoms. The second-order valence-electron chi connectivity index (χ2n) is 3.89. The number of halogens is 2. The molecule has 0 saturated carbocycles. The van der Waals surface area contributed by atoms with Gasteiger partial charge in [0.1, 0.15) is 5.69 Å². The van der Waals surface area contributed by atoms with Gasteiger partial charge in [-0.25, -0.2) is 0 Å². The topological polar surface area (TPSA) is 65.2 Å². The van der Waals surface area contributed by atoms with Crippen LogP contribution in [0.15, 0.2) is 50.2 Å². The average molecular weight is 340 g/mol. The van der Waals surface area contributed by atoms with Crippen LogP contribution in [0, 0.1) is 0 Å². The minimum atomic E-state index is 0.241. The van der Waals surface area contributed by atoms with Crippen LogP contribution in [0.4, 0.5) is 5.88 Å². The van der Waals surface area contributed by atoms with E-state index in [-0.39, 0.29) is 5.88 Å². The Hall–Kier alpha value is -1.72. The summed E-state index contributed by atoms with van der Waals surface area (Å²) in [6, 6.07) is 9.13. The van der Waals surface area contributed by atoms with Crippen molar-refractivity contribution in [3.05, 3.63) is 46.3 Å². The highest BCUT2D eigenvalue weighted by atomic mass is 79.9. The van der Waals surface area contributed by atoms with Crippen molar-refractivity contribution in [2.75, 3.05) is 5.73 Å². The van der Waals surface area contributed by atoms with Gasteiger partial charge in [-0.2, -0.15) is 0 Å². The molecule has 0 aliphatic rings. The maximum atomic E-state index is 6.00. The molecule has 2 aromatic heterocycles. The van der Waals surface area contributed by atoms with Crippen molar-refractivity contribution in [1.82, 2.24) is 5.16 Å². The van der Waals surface area contributed by atoms with E-state index in [0.29, 0.717) is 20.9 Å². The van der Waals surface area contributed by atoms with E-state index in [1.807, 2.05) is 18.2 Å². The summed E-state index contributed by atoms with van der Waals surface area (Å²) < 4.78 is 10.9. The maximum Gasteiger partial charge on any atom is 0.230 e. The summed E-state index contributed by atoms with van der Waals surface area (Å²) in [7, 11) is 0. The predicted molar refractivity (Wildman–Crippen MR) is 76.8 cm³/mol. The fourth-order valence-corrected chi connectivity index (χ4v) is 2.49. The number of aromatic nitrogens is 1. The van der Waals surface area contributed by atoms with E-state index in [2.05, 4.69) is 21.1 Å². The molecule has 6 heteroatoms. The SMILES string of the molecule is Nc1onc(-c2ccoc2Br)c1-c1cccc(Cl)c1. The minimum absolute atomic E-state index is 0.241. The van der Waals surface area contributed by atoms with Gasteiger partial charge in [0.2, 0.25) is 5.88 Å². The molecule has 0 saturated heterocycles. The van der Waals surface area contributed by atoms with Crippen molar-refractivity contribution >= 4 is 33.4 Å². The Labute approximate surface area is 122 Å². The molecule has 0 fully saturated rings. The van der Waals surface area contributed by atoms with Crippen LogP contribution in [0.3, 0.4) is 0 Å². The second-order valence-corrected chi connectivity index (χ2v) is 5.05. The lowest BCUT2D eigenvalue weighted by atomic mass is 10.0. The first-order valence-corrected chi connectivity index (χ1v) is 6.58. The highest BCUT2D eigenvalue weighted by molar-refractivity contribution is 9.10. The second kappa shape index (κ2) is 4.75. The fourth-order valence-electron chi connectivity index (χ4n) is 1.87. The molecule has 0 aliphatic carbocycles. The summed E-state index contributed by atoms with van der Waals surface area (Å²) in [4.78, 5) is 0. The van der Waals surface area contributed by atoms with Crippen molar-refractivity contribution in [2.24, 2.45) is 0 Å². The van der Waals surface area contributed by atoms with Gasteiger partial charge in [-0.1, -0.05) is 28.9 Å². The third-order valence-electron chi connectivity index (χ3n) is 2.70. The Morgan fingerprint density at radius 2 is 2.11 bits per heavy atom. The molecule has 2 N–H and O–H groups in total. The summed E-state index contributed by atoms with van der Waals surface area (Å²) in [6.45, 7) is 0. The van der Waals surface area contributed by atoms with E-state index in [1.165, 1.54) is 0 Å². The molecule has 0 radical (unpaired) electrons. The molecule has 4 nitrogen and oxygen atoms in total. The number of rotatable bonds is 2. The lowest BCUT2D eigenvalue weighted by Crippen LogP contribution is -1.87. The third kappa shape index (κ3) is 2.15. The Morgan fingerprint density at radius 1 is 1.26 bits per heavy atom. The third-order valence-corrected chi connectivity index (χ3v) is 3.55. The molecule has 3 rings (SSSR count). The van der Waals surface area contributed by atoms with Crippen LogP contribution in [0.1, 0.15) is 0 Å². The highest BCUT2D eigenvalue weighted by Crippen LogP contribution is 2.39. The maximum absolute atomic E-state index is 6.00. The zero-order valence-electron chi connectivity index (χ0n) is 9.56. The first kappa shape index (κ1) is 12.3. The van der Waals surface area contributed by atoms with Crippen molar-refractivity contribution in [3.63, 3.8) is 0 Å². The van der Waals surface area contributed by atoms with Gasteiger partial charge in [-0.15, -0.1) is 0 Å². The molecule has 96 valence electrons. The number of furan rings is 1. The van der Waals surface area contributed by atoms with Crippen molar-refractivity contribution in [2.45, 2.75) is 0 Å². The number of benzene rings is 1. The standard InChI is InChI=1S/C13H8BrClN2O2/c14-12-9(4-5-18-12)11-10(13(16)19-17-11)7-2-1-3-8(15)6-7/h1-6H,16H2. The van der Waals surface area contributed by atoms with Gasteiger partial charge in [0.15, 0.2) is 4.67 Å². The van der Waals surface area contributed by atoms with E-state index < -0.39 is 0 Å². The van der Waals surface area contributed by atoms with Crippen LogP contribution in [-0.4, -0.2) is 5.16 Å². The van der Waals surface area contributed by atoms with Gasteiger partial charge in [-0.05, 0) is 39.7 Å². The van der Waals surface area contributed by atoms with Crippen LogP contribution < -0.4 is 5.73 Å². The minimum Gasteiger partial charge on any atom is -0.457 e. The molecule has 1 aromatic carbocycles. The first-order valence-electron chi connectivity index (χ1n) is 5.41. The van der Waals surface area contributed by atoms with Crippen LogP contribution in [0.25, 0.3) is 22.4 Å². The molecule has 19 heavy (non-hydrogen) atoms. The molecule has 0 aliphatic heterocycles. The van der Waals surface area contributed by atoms with Gasteiger partial charge in [0, 0.05) is 5.02 Å². The number of nitrogens with two attached hydrogens (primary N) is 1. The summed E-state index contributed by atoms with van der Waals surface area (Å²) in [5.41, 5.74) is 8.79. The largest absolute Gasteiger partial charge is 0.457 e. The van der Waals surface area contributed by atoms with Gasteiger partial charge < -0.3 is 14.7 Å². The van der Waals surface area contributed by atoms with E-state index in [0.717, 1.165) is 11.1 Å². The van der Waals surface area contributed by atoms with Crippen LogP contribution in [0.5, 0.6) is 0 Å². The van der Waals surface area contributed by atoms with Gasteiger partial charge in [0.05, 0.1) is 17.4 Å². The van der Waals surface area contributed by atoms with Crippen molar-refractivity contribution < 1.29 is 8.94 Å². The Morgan fingerprint density at radius 3 is 2.79 bits per heavy atom. The Balaban J connectivity index is 2.22. The average Bonchev–Trinajstić information content (AvgIpc) is 2.95. The van der Waals surface area contributed by atoms with Gasteiger partial charge >= 0.3 is 0 Å². The molecule has 0 atom stereocenters. The number of nitrogens with zero attached hydrogens (tertiary/aromatic N) is 1. The number of anilines is 1. The molecule has 0 unspecified atom stereocenters. The van der Waals surface area contributed by atoms with Crippen molar-refractivity contribution in [3.8, 4) is 22.4 Å². The summed E-state index contributed by atoms with van der Waals surface area (Å²) in [5.74, 6) is 0.241. The van der Waals surface area contributed by atoms with Crippen LogP contribution in [0.2, 0.25) is 5.02 Å². The molecule has 2 heterocycles. The zero-order chi connectivity index (χ0) is 13.4. The van der Waals surface area contributed by atoms with Crippen molar-refractivity contribution in [1.29, 1.82) is 0 Å². The van der Waals surface area contributed by atoms with Gasteiger partial charge in [-0.3, -0.25) is 0 Å². The number of hydrogen-bond acceptors (Lipinski definition) is 4. The fraction of sp³-hybridized carbons (Fsp3) is 0. The molecular weight excluding hydrogens is 332 g/mol. The summed E-state index contributed by atoms with van der Waals surface area (Å²) >= 11 is 9.32. The number of hydrogen-bond donors (Lipinski definition) is 1. The molecule has 3 aromatic rings. The monoisotopic (exact) mass is 338 g/mol. The predicted octanol–water partition coefficient (Wildman–Crippen LogP) is 4.60. The van der Waals surface area contributed by atoms with E-state index in [4.69, 9.17) is 26.3 Å². The van der Waals surface area contributed by atoms with E-state index in [9.17, 15) is 0 Å². The Bertz CT molecular complexity index is 736.